The van der Waals surface area contributed by atoms with Crippen LogP contribution < -0.4 is 10.1 Å². The van der Waals surface area contributed by atoms with E-state index in [1.165, 1.54) is 5.56 Å². The molecule has 19 heavy (non-hydrogen) atoms. The van der Waals surface area contributed by atoms with Crippen molar-refractivity contribution in [2.45, 2.75) is 38.6 Å². The van der Waals surface area contributed by atoms with Gasteiger partial charge in [0, 0.05) is 18.4 Å². The highest BCUT2D eigenvalue weighted by molar-refractivity contribution is 5.35. The van der Waals surface area contributed by atoms with Gasteiger partial charge in [-0.2, -0.15) is 0 Å². The molecule has 0 fully saturated rings. The van der Waals surface area contributed by atoms with Crippen LogP contribution in [0.1, 0.15) is 31.7 Å². The lowest BCUT2D eigenvalue weighted by Crippen LogP contribution is -2.42. The Bertz CT molecular complexity index is 435. The minimum Gasteiger partial charge on any atom is -0.493 e. The van der Waals surface area contributed by atoms with Gasteiger partial charge in [-0.3, -0.25) is 0 Å². The predicted octanol–water partition coefficient (Wildman–Crippen LogP) is 3.02. The molecule has 102 valence electrons. The molecule has 0 aliphatic carbocycles. The molecule has 1 N–H and O–H groups in total. The molecule has 0 saturated carbocycles. The van der Waals surface area contributed by atoms with E-state index in [1.54, 1.807) is 0 Å². The molecule has 0 bridgehead atoms. The lowest BCUT2D eigenvalue weighted by atomic mass is 9.88. The average Bonchev–Trinajstić information content (AvgIpc) is 2.47. The van der Waals surface area contributed by atoms with Crippen molar-refractivity contribution in [2.75, 3.05) is 13.2 Å². The van der Waals surface area contributed by atoms with Crippen molar-refractivity contribution < 1.29 is 4.74 Å². The maximum absolute atomic E-state index is 5.89. The Morgan fingerprint density at radius 3 is 3.11 bits per heavy atom. The summed E-state index contributed by atoms with van der Waals surface area (Å²) in [4.78, 5) is 0. The number of hydrogen-bond donors (Lipinski definition) is 1. The standard InChI is InChI=1S/C17H23NO/c1-3-5-9-16(18-11-4-2)15-12-14-8-6-7-10-17(14)19-13-15/h1,6-8,10,15-16,18H,4-5,9,11-13H2,2H3. The Labute approximate surface area is 116 Å². The Balaban J connectivity index is 2.00. The van der Waals surface area contributed by atoms with Gasteiger partial charge in [0.2, 0.25) is 0 Å². The third-order valence-corrected chi connectivity index (χ3v) is 3.73. The molecule has 0 spiro atoms. The number of fused-ring (bicyclic) bond motifs is 1. The van der Waals surface area contributed by atoms with E-state index in [2.05, 4.69) is 36.4 Å². The molecule has 1 aliphatic rings. The van der Waals surface area contributed by atoms with Crippen LogP contribution in [0.15, 0.2) is 24.3 Å². The quantitative estimate of drug-likeness (QED) is 0.791. The van der Waals surface area contributed by atoms with Crippen LogP contribution in [0, 0.1) is 18.3 Å². The fraction of sp³-hybridized carbons (Fsp3) is 0.529. The van der Waals surface area contributed by atoms with E-state index < -0.39 is 0 Å². The highest BCUT2D eigenvalue weighted by atomic mass is 16.5. The van der Waals surface area contributed by atoms with Crippen LogP contribution in [-0.2, 0) is 6.42 Å². The van der Waals surface area contributed by atoms with Gasteiger partial charge in [-0.05, 0) is 37.4 Å². The molecule has 2 heteroatoms. The van der Waals surface area contributed by atoms with Crippen molar-refractivity contribution in [3.05, 3.63) is 29.8 Å². The molecule has 2 nitrogen and oxygen atoms in total. The summed E-state index contributed by atoms with van der Waals surface area (Å²) in [7, 11) is 0. The Morgan fingerprint density at radius 1 is 1.47 bits per heavy atom. The van der Waals surface area contributed by atoms with E-state index in [1.807, 2.05) is 6.07 Å². The number of rotatable bonds is 6. The van der Waals surface area contributed by atoms with Crippen LogP contribution in [0.5, 0.6) is 5.75 Å². The maximum Gasteiger partial charge on any atom is 0.122 e. The fourth-order valence-corrected chi connectivity index (χ4v) is 2.68. The summed E-state index contributed by atoms with van der Waals surface area (Å²) < 4.78 is 5.89. The topological polar surface area (TPSA) is 21.3 Å². The Kier molecular flexibility index (Phi) is 5.30. The van der Waals surface area contributed by atoms with E-state index >= 15 is 0 Å². The van der Waals surface area contributed by atoms with Crippen molar-refractivity contribution in [2.24, 2.45) is 5.92 Å². The van der Waals surface area contributed by atoms with E-state index in [9.17, 15) is 0 Å². The lowest BCUT2D eigenvalue weighted by molar-refractivity contribution is 0.180. The molecule has 2 atom stereocenters. The minimum absolute atomic E-state index is 0.462. The Hall–Kier alpha value is -1.46. The van der Waals surface area contributed by atoms with Crippen LogP contribution in [0.25, 0.3) is 0 Å². The van der Waals surface area contributed by atoms with Crippen molar-refractivity contribution in [3.63, 3.8) is 0 Å². The van der Waals surface area contributed by atoms with Crippen molar-refractivity contribution in [3.8, 4) is 18.1 Å². The number of hydrogen-bond acceptors (Lipinski definition) is 2. The van der Waals surface area contributed by atoms with Gasteiger partial charge in [0.15, 0.2) is 0 Å². The molecule has 1 aromatic rings. The third-order valence-electron chi connectivity index (χ3n) is 3.73. The zero-order valence-electron chi connectivity index (χ0n) is 11.7. The molecule has 0 radical (unpaired) electrons. The van der Waals surface area contributed by atoms with Crippen LogP contribution in [0.4, 0.5) is 0 Å². The zero-order chi connectivity index (χ0) is 13.5. The van der Waals surface area contributed by atoms with Gasteiger partial charge in [-0.1, -0.05) is 25.1 Å². The van der Waals surface area contributed by atoms with Crippen LogP contribution in [0.2, 0.25) is 0 Å². The summed E-state index contributed by atoms with van der Waals surface area (Å²) in [6, 6.07) is 8.80. The lowest BCUT2D eigenvalue weighted by Gasteiger charge is -2.32. The van der Waals surface area contributed by atoms with E-state index in [0.29, 0.717) is 12.0 Å². The van der Waals surface area contributed by atoms with Gasteiger partial charge in [0.05, 0.1) is 6.61 Å². The van der Waals surface area contributed by atoms with Gasteiger partial charge in [0.1, 0.15) is 5.75 Å². The first-order chi connectivity index (χ1) is 9.35. The second-order valence-corrected chi connectivity index (χ2v) is 5.19. The number of nitrogens with one attached hydrogen (secondary N) is 1. The van der Waals surface area contributed by atoms with E-state index in [4.69, 9.17) is 11.2 Å². The summed E-state index contributed by atoms with van der Waals surface area (Å²) in [6.07, 6.45) is 9.50. The average molecular weight is 257 g/mol. The molecular formula is C17H23NO. The van der Waals surface area contributed by atoms with E-state index in [-0.39, 0.29) is 0 Å². The molecule has 1 aliphatic heterocycles. The SMILES string of the molecule is C#CCCC(NCCC)C1COc2ccccc2C1. The number of benzene rings is 1. The zero-order valence-corrected chi connectivity index (χ0v) is 11.7. The molecule has 2 unspecified atom stereocenters. The first-order valence-corrected chi connectivity index (χ1v) is 7.22. The van der Waals surface area contributed by atoms with Gasteiger partial charge in [-0.15, -0.1) is 12.3 Å². The van der Waals surface area contributed by atoms with Gasteiger partial charge in [0.25, 0.3) is 0 Å². The maximum atomic E-state index is 5.89. The molecule has 0 aromatic heterocycles. The third kappa shape index (κ3) is 3.75. The molecule has 2 rings (SSSR count). The fourth-order valence-electron chi connectivity index (χ4n) is 2.68. The number of para-hydroxylation sites is 1. The first-order valence-electron chi connectivity index (χ1n) is 7.22. The molecule has 0 saturated heterocycles. The summed E-state index contributed by atoms with van der Waals surface area (Å²) in [5.41, 5.74) is 1.32. The second kappa shape index (κ2) is 7.21. The summed E-state index contributed by atoms with van der Waals surface area (Å²) in [6.45, 7) is 4.04. The monoisotopic (exact) mass is 257 g/mol. The largest absolute Gasteiger partial charge is 0.493 e. The van der Waals surface area contributed by atoms with Crippen molar-refractivity contribution in [1.29, 1.82) is 0 Å². The second-order valence-electron chi connectivity index (χ2n) is 5.19. The summed E-state index contributed by atoms with van der Waals surface area (Å²) in [5.74, 6) is 4.32. The molecule has 1 heterocycles. The smallest absolute Gasteiger partial charge is 0.122 e. The first kappa shape index (κ1) is 14.0. The predicted molar refractivity (Wildman–Crippen MR) is 79.3 cm³/mol. The van der Waals surface area contributed by atoms with Crippen molar-refractivity contribution in [1.82, 2.24) is 5.32 Å². The van der Waals surface area contributed by atoms with Gasteiger partial charge < -0.3 is 10.1 Å². The van der Waals surface area contributed by atoms with E-state index in [0.717, 1.165) is 44.6 Å². The highest BCUT2D eigenvalue weighted by Crippen LogP contribution is 2.29. The summed E-state index contributed by atoms with van der Waals surface area (Å²) >= 11 is 0. The molecule has 1 aromatic carbocycles. The highest BCUT2D eigenvalue weighted by Gasteiger charge is 2.26. The summed E-state index contributed by atoms with van der Waals surface area (Å²) in [5, 5.41) is 3.63. The van der Waals surface area contributed by atoms with Crippen molar-refractivity contribution >= 4 is 0 Å². The van der Waals surface area contributed by atoms with Crippen LogP contribution in [0.3, 0.4) is 0 Å². The minimum atomic E-state index is 0.462. The number of terminal acetylenes is 1. The van der Waals surface area contributed by atoms with Gasteiger partial charge in [-0.25, -0.2) is 0 Å². The normalized spacial score (nSPS) is 19.1. The van der Waals surface area contributed by atoms with Gasteiger partial charge >= 0.3 is 0 Å². The van der Waals surface area contributed by atoms with Crippen LogP contribution >= 0.6 is 0 Å². The Morgan fingerprint density at radius 2 is 2.32 bits per heavy atom. The molecular weight excluding hydrogens is 234 g/mol. The molecule has 0 amide bonds. The number of ether oxygens (including phenoxy) is 1. The van der Waals surface area contributed by atoms with Crippen LogP contribution in [-0.4, -0.2) is 19.2 Å².